The lowest BCUT2D eigenvalue weighted by Gasteiger charge is -2.40. The van der Waals surface area contributed by atoms with Crippen LogP contribution >= 0.6 is 0 Å². The lowest BCUT2D eigenvalue weighted by molar-refractivity contribution is -0.0560. The first-order valence-corrected chi connectivity index (χ1v) is 13.1. The summed E-state index contributed by atoms with van der Waals surface area (Å²) in [6, 6.07) is 9.72. The minimum Gasteiger partial charge on any atom is -0.508 e. The zero-order chi connectivity index (χ0) is 28.4. The molecule has 2 heterocycles. The van der Waals surface area contributed by atoms with E-state index in [2.05, 4.69) is 15.4 Å². The molecule has 1 aromatic heterocycles. The molecule has 40 heavy (non-hydrogen) atoms. The highest BCUT2D eigenvalue weighted by Crippen LogP contribution is 2.43. The number of amides is 2. The van der Waals surface area contributed by atoms with Crippen LogP contribution in [0.2, 0.25) is 0 Å². The quantitative estimate of drug-likeness (QED) is 0.334. The van der Waals surface area contributed by atoms with Crippen LogP contribution in [0.15, 0.2) is 47.0 Å². The average molecular weight is 557 g/mol. The Hall–Kier alpha value is -4.19. The molecule has 2 aromatic carbocycles. The highest BCUT2D eigenvalue weighted by Gasteiger charge is 2.38. The van der Waals surface area contributed by atoms with E-state index in [1.54, 1.807) is 0 Å². The highest BCUT2D eigenvalue weighted by molar-refractivity contribution is 5.94. The van der Waals surface area contributed by atoms with Gasteiger partial charge in [0, 0.05) is 61.8 Å². The first-order chi connectivity index (χ1) is 19.1. The van der Waals surface area contributed by atoms with E-state index in [0.29, 0.717) is 44.5 Å². The zero-order valence-corrected chi connectivity index (χ0v) is 21.6. The van der Waals surface area contributed by atoms with Gasteiger partial charge in [0.15, 0.2) is 11.5 Å². The van der Waals surface area contributed by atoms with Gasteiger partial charge < -0.3 is 35.4 Å². The number of nitrogens with two attached hydrogens (primary N) is 1. The second-order valence-corrected chi connectivity index (χ2v) is 10.3. The number of aromatic hydroxyl groups is 2. The van der Waals surface area contributed by atoms with Crippen LogP contribution in [0.25, 0.3) is 11.3 Å². The minimum atomic E-state index is -2.55. The van der Waals surface area contributed by atoms with Crippen LogP contribution in [0.3, 0.4) is 0 Å². The molecule has 10 nitrogen and oxygen atoms in total. The van der Waals surface area contributed by atoms with Crippen LogP contribution in [-0.4, -0.2) is 63.2 Å². The first-order valence-electron chi connectivity index (χ1n) is 13.1. The molecule has 1 aliphatic carbocycles. The number of aromatic nitrogens is 1. The third-order valence-corrected chi connectivity index (χ3v) is 7.49. The molecule has 1 saturated carbocycles. The van der Waals surface area contributed by atoms with E-state index in [4.69, 9.17) is 15.0 Å². The van der Waals surface area contributed by atoms with Crippen LogP contribution in [-0.2, 0) is 0 Å². The van der Waals surface area contributed by atoms with Crippen LogP contribution in [0.5, 0.6) is 23.0 Å². The van der Waals surface area contributed by atoms with Crippen LogP contribution in [0.4, 0.5) is 8.78 Å². The van der Waals surface area contributed by atoms with Crippen molar-refractivity contribution in [3.05, 3.63) is 53.7 Å². The summed E-state index contributed by atoms with van der Waals surface area (Å²) in [5.74, 6) is -3.88. The van der Waals surface area contributed by atoms with E-state index < -0.39 is 17.7 Å². The number of nitrogens with one attached hydrogen (secondary N) is 1. The smallest absolute Gasteiger partial charge is 0.273 e. The molecular weight excluding hydrogens is 526 g/mol. The van der Waals surface area contributed by atoms with Crippen molar-refractivity contribution in [1.82, 2.24) is 15.4 Å². The van der Waals surface area contributed by atoms with Crippen molar-refractivity contribution in [1.29, 1.82) is 0 Å². The summed E-state index contributed by atoms with van der Waals surface area (Å²) in [5, 5.41) is 27.4. The maximum Gasteiger partial charge on any atom is 0.273 e. The summed E-state index contributed by atoms with van der Waals surface area (Å²) >= 11 is 0. The van der Waals surface area contributed by atoms with E-state index in [-0.39, 0.29) is 64.8 Å². The number of likely N-dealkylation sites (tertiary alicyclic amines) is 1. The number of phenols is 2. The molecule has 0 unspecified atom stereocenters. The lowest BCUT2D eigenvalue weighted by atomic mass is 9.89. The monoisotopic (exact) mass is 556 g/mol. The number of halogens is 2. The second kappa shape index (κ2) is 11.1. The molecule has 3 aromatic rings. The van der Waals surface area contributed by atoms with Gasteiger partial charge in [-0.1, -0.05) is 5.16 Å². The van der Waals surface area contributed by atoms with Gasteiger partial charge in [-0.15, -0.1) is 0 Å². The van der Waals surface area contributed by atoms with Gasteiger partial charge in [-0.2, -0.15) is 0 Å². The Balaban J connectivity index is 1.23. The second-order valence-electron chi connectivity index (χ2n) is 10.3. The van der Waals surface area contributed by atoms with E-state index in [9.17, 15) is 28.6 Å². The van der Waals surface area contributed by atoms with Crippen molar-refractivity contribution in [3.8, 4) is 34.3 Å². The minimum absolute atomic E-state index is 0.00354. The molecule has 2 aliphatic rings. The number of primary amides is 1. The fourth-order valence-corrected chi connectivity index (χ4v) is 5.29. The molecule has 12 heteroatoms. The maximum absolute atomic E-state index is 13.5. The Morgan fingerprint density at radius 2 is 1.73 bits per heavy atom. The number of alkyl halides is 2. The summed E-state index contributed by atoms with van der Waals surface area (Å²) in [6.45, 7) is 1.43. The molecule has 2 fully saturated rings. The Bertz CT molecular complexity index is 1380. The van der Waals surface area contributed by atoms with Crippen molar-refractivity contribution in [3.63, 3.8) is 0 Å². The van der Waals surface area contributed by atoms with Gasteiger partial charge in [0.2, 0.25) is 11.8 Å². The molecule has 5 rings (SSSR count). The highest BCUT2D eigenvalue weighted by atomic mass is 19.3. The number of hydrogen-bond donors (Lipinski definition) is 4. The predicted molar refractivity (Wildman–Crippen MR) is 140 cm³/mol. The molecule has 212 valence electrons. The Morgan fingerprint density at radius 3 is 2.38 bits per heavy atom. The van der Waals surface area contributed by atoms with Crippen molar-refractivity contribution in [2.75, 3.05) is 13.1 Å². The largest absolute Gasteiger partial charge is 0.508 e. The average Bonchev–Trinajstić information content (AvgIpc) is 3.39. The number of phenolic OH excluding ortho intramolecular Hbond substituents is 2. The van der Waals surface area contributed by atoms with Crippen molar-refractivity contribution < 1.29 is 37.8 Å². The molecular formula is C28H30F2N4O6. The van der Waals surface area contributed by atoms with Gasteiger partial charge in [-0.25, -0.2) is 8.78 Å². The molecule has 0 radical (unpaired) electrons. The number of carbonyl (C=O) groups excluding carboxylic acids is 2. The number of ether oxygens (including phenoxy) is 1. The standard InChI is InChI=1S/C28H30F2N4O6/c29-28(30)9-5-18(6-10-28)34-11-7-17(8-12-34)32-27(38)21-15-24(40-33-21)25-22(36)13-19(35)14-23(25)39-20-3-1-16(2-4-20)26(31)37/h1-4,13-15,17-18,35-36H,5-12H2,(H2,31,37)(H,32,38). The number of piperidine rings is 1. The van der Waals surface area contributed by atoms with Crippen molar-refractivity contribution in [2.45, 2.75) is 56.5 Å². The van der Waals surface area contributed by atoms with Gasteiger partial charge >= 0.3 is 0 Å². The Morgan fingerprint density at radius 1 is 1.05 bits per heavy atom. The zero-order valence-electron chi connectivity index (χ0n) is 21.6. The van der Waals surface area contributed by atoms with Gasteiger partial charge in [0.05, 0.1) is 0 Å². The van der Waals surface area contributed by atoms with E-state index in [1.165, 1.54) is 36.4 Å². The molecule has 1 aliphatic heterocycles. The molecule has 0 bridgehead atoms. The number of hydrogen-bond acceptors (Lipinski definition) is 8. The number of rotatable bonds is 7. The van der Waals surface area contributed by atoms with Crippen LogP contribution in [0, 0.1) is 0 Å². The van der Waals surface area contributed by atoms with Crippen LogP contribution < -0.4 is 15.8 Å². The van der Waals surface area contributed by atoms with E-state index in [1.807, 2.05) is 0 Å². The molecule has 0 atom stereocenters. The molecule has 5 N–H and O–H groups in total. The molecule has 2 amide bonds. The first kappa shape index (κ1) is 27.4. The molecule has 0 spiro atoms. The summed E-state index contributed by atoms with van der Waals surface area (Å²) < 4.78 is 38.2. The summed E-state index contributed by atoms with van der Waals surface area (Å²) in [6.07, 6.45) is 2.20. The maximum atomic E-state index is 13.5. The number of nitrogens with zero attached hydrogens (tertiary/aromatic N) is 2. The molecule has 1 saturated heterocycles. The van der Waals surface area contributed by atoms with Gasteiger partial charge in [-0.05, 0) is 49.9 Å². The topological polar surface area (TPSA) is 151 Å². The predicted octanol–water partition coefficient (Wildman–Crippen LogP) is 4.42. The third-order valence-electron chi connectivity index (χ3n) is 7.49. The normalized spacial score (nSPS) is 18.4. The SMILES string of the molecule is NC(=O)c1ccc(Oc2cc(O)cc(O)c2-c2cc(C(=O)NC3CCN(C4CCC(F)(F)CC4)CC3)no2)cc1. The Kier molecular flexibility index (Phi) is 7.61. The van der Waals surface area contributed by atoms with E-state index >= 15 is 0 Å². The number of carbonyl (C=O) groups is 2. The fourth-order valence-electron chi connectivity index (χ4n) is 5.29. The Labute approximate surface area is 228 Å². The fraction of sp³-hybridized carbons (Fsp3) is 0.393. The van der Waals surface area contributed by atoms with E-state index in [0.717, 1.165) is 6.07 Å². The van der Waals surface area contributed by atoms with Crippen molar-refractivity contribution >= 4 is 11.8 Å². The van der Waals surface area contributed by atoms with Crippen LogP contribution in [0.1, 0.15) is 59.4 Å². The summed E-state index contributed by atoms with van der Waals surface area (Å²) in [5.41, 5.74) is 5.60. The van der Waals surface area contributed by atoms with Gasteiger partial charge in [0.25, 0.3) is 5.91 Å². The summed E-state index contributed by atoms with van der Waals surface area (Å²) in [7, 11) is 0. The summed E-state index contributed by atoms with van der Waals surface area (Å²) in [4.78, 5) is 26.5. The third kappa shape index (κ3) is 6.17. The van der Waals surface area contributed by atoms with Gasteiger partial charge in [0.1, 0.15) is 28.6 Å². The number of benzene rings is 2. The van der Waals surface area contributed by atoms with Gasteiger partial charge in [-0.3, -0.25) is 9.59 Å². The van der Waals surface area contributed by atoms with Crippen molar-refractivity contribution in [2.24, 2.45) is 5.73 Å². The lowest BCUT2D eigenvalue weighted by Crippen LogP contribution is -2.49.